The molecule has 1 aliphatic rings. The van der Waals surface area contributed by atoms with Gasteiger partial charge in [-0.05, 0) is 55.8 Å². The fourth-order valence-corrected chi connectivity index (χ4v) is 4.77. The third-order valence-corrected chi connectivity index (χ3v) is 6.32. The average Bonchev–Trinajstić information content (AvgIpc) is 3.47. The molecular formula is C24H20N2O4S. The van der Waals surface area contributed by atoms with Crippen LogP contribution in [0.3, 0.4) is 0 Å². The molecule has 1 aliphatic carbocycles. The van der Waals surface area contributed by atoms with Gasteiger partial charge < -0.3 is 14.1 Å². The number of rotatable bonds is 5. The lowest BCUT2D eigenvalue weighted by molar-refractivity contribution is 0.0959. The molecule has 0 spiro atoms. The van der Waals surface area contributed by atoms with Crippen molar-refractivity contribution in [2.75, 3.05) is 6.61 Å². The van der Waals surface area contributed by atoms with E-state index in [1.54, 1.807) is 12.3 Å². The number of carbonyl (C=O) groups excluding carboxylic acids is 1. The molecule has 0 aliphatic heterocycles. The first-order valence-electron chi connectivity index (χ1n) is 10.1. The number of thiazole rings is 1. The molecule has 156 valence electrons. The van der Waals surface area contributed by atoms with Gasteiger partial charge in [-0.25, -0.2) is 4.98 Å². The van der Waals surface area contributed by atoms with Crippen LogP contribution in [0.15, 0.2) is 63.3 Å². The summed E-state index contributed by atoms with van der Waals surface area (Å²) >= 11 is 1.39. The van der Waals surface area contributed by atoms with Crippen LogP contribution in [0.5, 0.6) is 5.75 Å². The van der Waals surface area contributed by atoms with Gasteiger partial charge in [-0.15, -0.1) is 11.3 Å². The highest BCUT2D eigenvalue weighted by molar-refractivity contribution is 7.13. The molecule has 1 N–H and O–H groups in total. The predicted molar refractivity (Wildman–Crippen MR) is 119 cm³/mol. The standard InChI is InChI=1S/C24H20N2O4S/c1-2-29-16-7-5-14(6-8-16)20-13-31-24(26-20)18-12-17-19(25-23(18)28)10-15(11-21(17)27)22-4-3-9-30-22/h3-9,12-13,15H,2,10-11H2,1H3,(H,25,28). The van der Waals surface area contributed by atoms with E-state index in [-0.39, 0.29) is 17.3 Å². The fourth-order valence-electron chi connectivity index (χ4n) is 3.93. The smallest absolute Gasteiger partial charge is 0.258 e. The first-order chi connectivity index (χ1) is 15.1. The third-order valence-electron chi connectivity index (χ3n) is 5.45. The summed E-state index contributed by atoms with van der Waals surface area (Å²) in [4.78, 5) is 33.2. The molecule has 6 nitrogen and oxygen atoms in total. The molecule has 4 aromatic rings. The highest BCUT2D eigenvalue weighted by atomic mass is 32.1. The molecule has 0 saturated carbocycles. The number of pyridine rings is 1. The number of ketones is 1. The lowest BCUT2D eigenvalue weighted by Crippen LogP contribution is -2.24. The van der Waals surface area contributed by atoms with E-state index in [9.17, 15) is 9.59 Å². The van der Waals surface area contributed by atoms with Crippen LogP contribution in [-0.4, -0.2) is 22.4 Å². The van der Waals surface area contributed by atoms with Gasteiger partial charge in [-0.3, -0.25) is 9.59 Å². The number of carbonyl (C=O) groups is 1. The second-order valence-corrected chi connectivity index (χ2v) is 8.30. The number of H-pyrrole nitrogens is 1. The van der Waals surface area contributed by atoms with Crippen LogP contribution in [0.4, 0.5) is 0 Å². The SMILES string of the molecule is CCOc1ccc(-c2csc(-c3cc4c([nH]c3=O)CC(c3ccco3)CC4=O)n2)cc1. The van der Waals surface area contributed by atoms with E-state index in [4.69, 9.17) is 9.15 Å². The van der Waals surface area contributed by atoms with Crippen LogP contribution in [0.1, 0.15) is 41.1 Å². The lowest BCUT2D eigenvalue weighted by atomic mass is 9.84. The van der Waals surface area contributed by atoms with Gasteiger partial charge in [0, 0.05) is 34.5 Å². The summed E-state index contributed by atoms with van der Waals surface area (Å²) in [6.45, 7) is 2.56. The van der Waals surface area contributed by atoms with Gasteiger partial charge in [-0.1, -0.05) is 0 Å². The Kier molecular flexibility index (Phi) is 5.03. The van der Waals surface area contributed by atoms with Crippen LogP contribution < -0.4 is 10.3 Å². The van der Waals surface area contributed by atoms with Crippen molar-refractivity contribution in [2.24, 2.45) is 0 Å². The first kappa shape index (κ1) is 19.5. The van der Waals surface area contributed by atoms with Crippen molar-refractivity contribution in [3.8, 4) is 27.6 Å². The number of fused-ring (bicyclic) bond motifs is 1. The summed E-state index contributed by atoms with van der Waals surface area (Å²) < 4.78 is 10.9. The Morgan fingerprint density at radius 3 is 2.74 bits per heavy atom. The minimum absolute atomic E-state index is 0.00319. The van der Waals surface area contributed by atoms with Gasteiger partial charge >= 0.3 is 0 Å². The number of Topliss-reactive ketones (excluding diaryl/α,β-unsaturated/α-hetero) is 1. The van der Waals surface area contributed by atoms with Gasteiger partial charge in [0.25, 0.3) is 5.56 Å². The van der Waals surface area contributed by atoms with E-state index in [2.05, 4.69) is 9.97 Å². The first-order valence-corrected chi connectivity index (χ1v) is 11.0. The number of benzene rings is 1. The molecule has 0 bridgehead atoms. The zero-order valence-corrected chi connectivity index (χ0v) is 17.7. The summed E-state index contributed by atoms with van der Waals surface area (Å²) in [6.07, 6.45) is 2.53. The molecule has 7 heteroatoms. The summed E-state index contributed by atoms with van der Waals surface area (Å²) in [5.74, 6) is 1.52. The molecule has 31 heavy (non-hydrogen) atoms. The molecule has 0 fully saturated rings. The molecule has 0 amide bonds. The van der Waals surface area contributed by atoms with Gasteiger partial charge in [-0.2, -0.15) is 0 Å². The van der Waals surface area contributed by atoms with Crippen molar-refractivity contribution in [3.63, 3.8) is 0 Å². The quantitative estimate of drug-likeness (QED) is 0.476. The monoisotopic (exact) mass is 432 g/mol. The number of furan rings is 1. The molecular weight excluding hydrogens is 412 g/mol. The van der Waals surface area contributed by atoms with E-state index in [0.29, 0.717) is 41.3 Å². The van der Waals surface area contributed by atoms with E-state index in [1.807, 2.05) is 48.7 Å². The minimum Gasteiger partial charge on any atom is -0.494 e. The Labute approximate surface area is 182 Å². The maximum Gasteiger partial charge on any atom is 0.258 e. The number of aromatic nitrogens is 2. The molecule has 1 aromatic carbocycles. The molecule has 0 radical (unpaired) electrons. The van der Waals surface area contributed by atoms with Crippen molar-refractivity contribution < 1.29 is 13.9 Å². The molecule has 0 saturated heterocycles. The van der Waals surface area contributed by atoms with Gasteiger partial charge in [0.2, 0.25) is 0 Å². The number of hydrogen-bond donors (Lipinski definition) is 1. The largest absolute Gasteiger partial charge is 0.494 e. The zero-order valence-electron chi connectivity index (χ0n) is 16.9. The molecule has 1 atom stereocenters. The molecule has 5 rings (SSSR count). The highest BCUT2D eigenvalue weighted by Crippen LogP contribution is 2.34. The third kappa shape index (κ3) is 3.72. The number of ether oxygens (including phenoxy) is 1. The molecule has 3 heterocycles. The number of aromatic amines is 1. The van der Waals surface area contributed by atoms with Crippen molar-refractivity contribution in [1.82, 2.24) is 9.97 Å². The lowest BCUT2D eigenvalue weighted by Gasteiger charge is -2.22. The second kappa shape index (κ2) is 8.00. The topological polar surface area (TPSA) is 85.2 Å². The normalized spacial score (nSPS) is 15.6. The van der Waals surface area contributed by atoms with Crippen molar-refractivity contribution in [2.45, 2.75) is 25.7 Å². The van der Waals surface area contributed by atoms with Gasteiger partial charge in [0.15, 0.2) is 5.78 Å². The number of hydrogen-bond acceptors (Lipinski definition) is 6. The minimum atomic E-state index is -0.237. The maximum absolute atomic E-state index is 12.8. The van der Waals surface area contributed by atoms with Gasteiger partial charge in [0.1, 0.15) is 16.5 Å². The Hall–Kier alpha value is -3.45. The Balaban J connectivity index is 1.45. The highest BCUT2D eigenvalue weighted by Gasteiger charge is 2.29. The fraction of sp³-hybridized carbons (Fsp3) is 0.208. The van der Waals surface area contributed by atoms with Crippen LogP contribution in [0, 0.1) is 0 Å². The summed E-state index contributed by atoms with van der Waals surface area (Å²) in [7, 11) is 0. The Bertz CT molecular complexity index is 1290. The van der Waals surface area contributed by atoms with Crippen LogP contribution in [0.25, 0.3) is 21.8 Å². The van der Waals surface area contributed by atoms with Crippen molar-refractivity contribution in [1.29, 1.82) is 0 Å². The van der Waals surface area contributed by atoms with Crippen molar-refractivity contribution in [3.05, 3.63) is 81.5 Å². The van der Waals surface area contributed by atoms with Crippen LogP contribution in [0.2, 0.25) is 0 Å². The predicted octanol–water partition coefficient (Wildman–Crippen LogP) is 5.07. The Morgan fingerprint density at radius 2 is 2.00 bits per heavy atom. The van der Waals surface area contributed by atoms with Crippen molar-refractivity contribution >= 4 is 17.1 Å². The Morgan fingerprint density at radius 1 is 1.16 bits per heavy atom. The van der Waals surface area contributed by atoms with E-state index < -0.39 is 0 Å². The second-order valence-electron chi connectivity index (χ2n) is 7.44. The van der Waals surface area contributed by atoms with Crippen LogP contribution in [-0.2, 0) is 6.42 Å². The van der Waals surface area contributed by atoms with Crippen LogP contribution >= 0.6 is 11.3 Å². The number of nitrogens with one attached hydrogen (secondary N) is 1. The summed E-state index contributed by atoms with van der Waals surface area (Å²) in [5, 5.41) is 2.51. The van der Waals surface area contributed by atoms with E-state index in [1.165, 1.54) is 11.3 Å². The molecule has 1 unspecified atom stereocenters. The summed E-state index contributed by atoms with van der Waals surface area (Å²) in [5.41, 5.74) is 3.14. The summed E-state index contributed by atoms with van der Waals surface area (Å²) in [6, 6.07) is 13.1. The van der Waals surface area contributed by atoms with E-state index >= 15 is 0 Å². The van der Waals surface area contributed by atoms with E-state index in [0.717, 1.165) is 22.8 Å². The average molecular weight is 433 g/mol. The molecule has 3 aromatic heterocycles. The van der Waals surface area contributed by atoms with Gasteiger partial charge in [0.05, 0.1) is 24.1 Å². The number of nitrogens with zero attached hydrogens (tertiary/aromatic N) is 1. The maximum atomic E-state index is 12.8. The zero-order chi connectivity index (χ0) is 21.4.